The molecule has 1 saturated carbocycles. The molecule has 0 aromatic heterocycles. The lowest BCUT2D eigenvalue weighted by Gasteiger charge is -2.50. The number of aryl methyl sites for hydroxylation is 2. The number of benzene rings is 3. The summed E-state index contributed by atoms with van der Waals surface area (Å²) in [7, 11) is 1.60. The second-order valence-electron chi connectivity index (χ2n) is 16.1. The Labute approximate surface area is 391 Å². The van der Waals surface area contributed by atoms with Gasteiger partial charge in [0.1, 0.15) is 24.7 Å². The summed E-state index contributed by atoms with van der Waals surface area (Å²) in [5.74, 6) is 1.32. The zero-order chi connectivity index (χ0) is 47.3. The fraction of sp³-hybridized carbons (Fsp3) is 0.489. The molecule has 2 fully saturated rings. The van der Waals surface area contributed by atoms with Crippen LogP contribution >= 0.6 is 23.2 Å². The SMILES string of the molecule is COc1ccc(CN(C(=O)C2=C(c3ccc(OCCOc4c(Cl)cc(C)cc4Cl)cc3)CC3CN(C(=O)OCCCCO[N+](=O)[O-])CC2N3C(=O)OCCCCO[N+](=O)[O-])C2CC2)cc1C. The van der Waals surface area contributed by atoms with Crippen LogP contribution in [0.1, 0.15) is 67.2 Å². The number of halogens is 2. The number of methoxy groups -OCH3 is 1. The summed E-state index contributed by atoms with van der Waals surface area (Å²) in [6.45, 7) is 3.95. The second kappa shape index (κ2) is 23.3. The third kappa shape index (κ3) is 13.2. The Morgan fingerprint density at radius 2 is 1.38 bits per heavy atom. The van der Waals surface area contributed by atoms with Gasteiger partial charge in [-0.2, -0.15) is 0 Å². The van der Waals surface area contributed by atoms with E-state index in [1.165, 1.54) is 9.80 Å². The molecule has 2 unspecified atom stereocenters. The van der Waals surface area contributed by atoms with E-state index >= 15 is 4.79 Å². The van der Waals surface area contributed by atoms with Crippen LogP contribution in [0.2, 0.25) is 10.0 Å². The van der Waals surface area contributed by atoms with Gasteiger partial charge in [0.25, 0.3) is 16.1 Å². The zero-order valence-corrected chi connectivity index (χ0v) is 38.5. The Balaban J connectivity index is 1.29. The first-order chi connectivity index (χ1) is 31.7. The van der Waals surface area contributed by atoms with Gasteiger partial charge in [-0.3, -0.25) is 9.69 Å². The van der Waals surface area contributed by atoms with Crippen LogP contribution in [-0.4, -0.2) is 121 Å². The van der Waals surface area contributed by atoms with E-state index in [1.807, 2.05) is 49.1 Å². The van der Waals surface area contributed by atoms with E-state index in [4.69, 9.17) is 46.9 Å². The largest absolute Gasteiger partial charge is 0.496 e. The van der Waals surface area contributed by atoms with Gasteiger partial charge in [0.05, 0.1) is 55.7 Å². The average Bonchev–Trinajstić information content (AvgIpc) is 4.12. The molecule has 19 nitrogen and oxygen atoms in total. The first-order valence-corrected chi connectivity index (χ1v) is 22.4. The molecule has 2 atom stereocenters. The highest BCUT2D eigenvalue weighted by Gasteiger charge is 2.50. The molecule has 0 spiro atoms. The number of nitrogens with zero attached hydrogens (tertiary/aromatic N) is 5. The van der Waals surface area contributed by atoms with Crippen LogP contribution in [0.3, 0.4) is 0 Å². The number of hydrogen-bond acceptors (Lipinski definition) is 14. The molecule has 66 heavy (non-hydrogen) atoms. The fourth-order valence-corrected chi connectivity index (χ4v) is 8.78. The molecule has 3 aromatic carbocycles. The Bertz CT molecular complexity index is 2240. The van der Waals surface area contributed by atoms with Crippen molar-refractivity contribution < 1.29 is 57.9 Å². The quantitative estimate of drug-likeness (QED) is 0.0500. The van der Waals surface area contributed by atoms with Gasteiger partial charge in [-0.1, -0.05) is 47.5 Å². The highest BCUT2D eigenvalue weighted by Crippen LogP contribution is 2.42. The molecule has 2 heterocycles. The molecule has 1 aliphatic carbocycles. The summed E-state index contributed by atoms with van der Waals surface area (Å²) < 4.78 is 28.6. The monoisotopic (exact) mass is 957 g/mol. The normalized spacial score (nSPS) is 16.6. The summed E-state index contributed by atoms with van der Waals surface area (Å²) in [6, 6.07) is 14.8. The van der Waals surface area contributed by atoms with Crippen molar-refractivity contribution in [3.63, 3.8) is 0 Å². The Hall–Kier alpha value is -6.21. The van der Waals surface area contributed by atoms with Crippen LogP contribution in [-0.2, 0) is 30.5 Å². The van der Waals surface area contributed by atoms with Gasteiger partial charge in [0.15, 0.2) is 5.75 Å². The molecule has 1 saturated heterocycles. The minimum absolute atomic E-state index is 0.0325. The van der Waals surface area contributed by atoms with Crippen molar-refractivity contribution in [3.8, 4) is 17.2 Å². The van der Waals surface area contributed by atoms with E-state index in [0.717, 1.165) is 35.1 Å². The maximum absolute atomic E-state index is 15.4. The number of unbranched alkanes of at least 4 members (excludes halogenated alkanes) is 2. The van der Waals surface area contributed by atoms with Gasteiger partial charge in [0.2, 0.25) is 0 Å². The first-order valence-electron chi connectivity index (χ1n) is 21.6. The molecule has 2 bridgehead atoms. The van der Waals surface area contributed by atoms with Crippen molar-refractivity contribution >= 4 is 46.9 Å². The summed E-state index contributed by atoms with van der Waals surface area (Å²) in [4.78, 5) is 77.9. The lowest BCUT2D eigenvalue weighted by Crippen LogP contribution is -2.65. The number of fused-ring (bicyclic) bond motifs is 2. The van der Waals surface area contributed by atoms with E-state index in [9.17, 15) is 29.8 Å². The Morgan fingerprint density at radius 3 is 1.97 bits per heavy atom. The molecule has 3 aliphatic rings. The lowest BCUT2D eigenvalue weighted by atomic mass is 9.81. The molecule has 0 radical (unpaired) electrons. The molecule has 3 amide bonds. The number of piperazine rings is 1. The molecule has 21 heteroatoms. The van der Waals surface area contributed by atoms with Crippen molar-refractivity contribution in [2.75, 3.05) is 59.8 Å². The van der Waals surface area contributed by atoms with E-state index in [2.05, 4.69) is 9.68 Å². The molecule has 0 N–H and O–H groups in total. The molecule has 2 aliphatic heterocycles. The topological polar surface area (TPSA) is 212 Å². The maximum atomic E-state index is 15.4. The number of hydrogen-bond donors (Lipinski definition) is 0. The number of carbonyl (C=O) groups is 3. The van der Waals surface area contributed by atoms with Crippen LogP contribution in [0.15, 0.2) is 60.2 Å². The van der Waals surface area contributed by atoms with Crippen molar-refractivity contribution in [1.29, 1.82) is 0 Å². The standard InChI is InChI=1S/C45H53Cl2N5O14/c1-29-22-37(46)42(38(47)23-29)62-21-20-61-35-13-9-32(10-14-35)36-25-34-27-48(44(54)63-16-4-6-18-65-51(56)57)28-39(50(34)45(55)64-17-5-7-19-66-52(58)59)41(36)43(53)49(33-11-12-33)26-31-8-15-40(60-3)30(2)24-31/h8-10,13-15,22-24,33-34,39H,4-7,11-12,16-21,25-28H2,1-3H3. The van der Waals surface area contributed by atoms with Crippen molar-refractivity contribution in [2.45, 2.75) is 83.5 Å². The highest BCUT2D eigenvalue weighted by atomic mass is 35.5. The van der Waals surface area contributed by atoms with Crippen molar-refractivity contribution in [2.24, 2.45) is 0 Å². The summed E-state index contributed by atoms with van der Waals surface area (Å²) in [5.41, 5.74) is 4.43. The summed E-state index contributed by atoms with van der Waals surface area (Å²) in [5, 5.41) is 20.2. The first kappa shape index (κ1) is 49.2. The van der Waals surface area contributed by atoms with E-state index in [0.29, 0.717) is 44.9 Å². The van der Waals surface area contributed by atoms with E-state index in [1.54, 1.807) is 31.4 Å². The van der Waals surface area contributed by atoms with Crippen LogP contribution in [0.25, 0.3) is 5.57 Å². The van der Waals surface area contributed by atoms with Crippen LogP contribution < -0.4 is 14.2 Å². The smallest absolute Gasteiger partial charge is 0.410 e. The molecule has 6 rings (SSSR count). The minimum atomic E-state index is -0.973. The van der Waals surface area contributed by atoms with Gasteiger partial charge >= 0.3 is 12.2 Å². The second-order valence-corrected chi connectivity index (χ2v) is 16.9. The van der Waals surface area contributed by atoms with Crippen molar-refractivity contribution in [1.82, 2.24) is 14.7 Å². The predicted molar refractivity (Wildman–Crippen MR) is 240 cm³/mol. The third-order valence-corrected chi connectivity index (χ3v) is 11.8. The van der Waals surface area contributed by atoms with Crippen LogP contribution in [0, 0.1) is 34.1 Å². The van der Waals surface area contributed by atoms with Gasteiger partial charge in [0, 0.05) is 31.2 Å². The fourth-order valence-electron chi connectivity index (χ4n) is 8.07. The zero-order valence-electron chi connectivity index (χ0n) is 36.9. The van der Waals surface area contributed by atoms with E-state index in [-0.39, 0.29) is 96.9 Å². The highest BCUT2D eigenvalue weighted by molar-refractivity contribution is 6.37. The van der Waals surface area contributed by atoms with Gasteiger partial charge in [-0.05, 0) is 117 Å². The van der Waals surface area contributed by atoms with Crippen LogP contribution in [0.5, 0.6) is 17.2 Å². The van der Waals surface area contributed by atoms with Gasteiger partial charge in [-0.15, -0.1) is 20.2 Å². The summed E-state index contributed by atoms with van der Waals surface area (Å²) in [6.07, 6.45) is 1.49. The number of amides is 3. The van der Waals surface area contributed by atoms with Gasteiger partial charge in [-0.25, -0.2) is 9.59 Å². The average molecular weight is 959 g/mol. The lowest BCUT2D eigenvalue weighted by molar-refractivity contribution is -0.757. The van der Waals surface area contributed by atoms with E-state index < -0.39 is 34.4 Å². The van der Waals surface area contributed by atoms with Crippen LogP contribution in [0.4, 0.5) is 9.59 Å². The molecular weight excluding hydrogens is 905 g/mol. The molecular formula is C45H53Cl2N5O14. The minimum Gasteiger partial charge on any atom is -0.496 e. The molecule has 356 valence electrons. The predicted octanol–water partition coefficient (Wildman–Crippen LogP) is 8.03. The van der Waals surface area contributed by atoms with Crippen molar-refractivity contribution in [3.05, 3.63) is 113 Å². The molecule has 3 aromatic rings. The number of carbonyl (C=O) groups excluding carboxylic acids is 3. The Kier molecular flexibility index (Phi) is 17.4. The number of rotatable bonds is 23. The summed E-state index contributed by atoms with van der Waals surface area (Å²) >= 11 is 12.7. The van der Waals surface area contributed by atoms with Gasteiger partial charge < -0.3 is 43.2 Å². The Morgan fingerprint density at radius 1 is 0.773 bits per heavy atom. The maximum Gasteiger partial charge on any atom is 0.410 e. The number of ether oxygens (including phenoxy) is 5. The third-order valence-electron chi connectivity index (χ3n) is 11.3.